The fourth-order valence-corrected chi connectivity index (χ4v) is 1.31. The van der Waals surface area contributed by atoms with E-state index in [0.717, 1.165) is 12.0 Å². The van der Waals surface area contributed by atoms with E-state index >= 15 is 0 Å². The maximum absolute atomic E-state index is 11.9. The number of hydrogen-bond donors (Lipinski definition) is 1. The van der Waals surface area contributed by atoms with Crippen LogP contribution in [0.1, 0.15) is 12.5 Å². The van der Waals surface area contributed by atoms with Crippen molar-refractivity contribution in [2.24, 2.45) is 10.7 Å². The molecule has 0 aliphatic carbocycles. The molecule has 1 rings (SSSR count). The van der Waals surface area contributed by atoms with E-state index in [1.807, 2.05) is 24.3 Å². The fraction of sp³-hybridized carbons (Fsp3) is 0.417. The number of halogens is 1. The summed E-state index contributed by atoms with van der Waals surface area (Å²) in [6, 6.07) is 7.60. The Morgan fingerprint density at radius 2 is 2.31 bits per heavy atom. The van der Waals surface area contributed by atoms with E-state index < -0.39 is 6.67 Å². The van der Waals surface area contributed by atoms with Crippen LogP contribution in [-0.4, -0.2) is 25.7 Å². The van der Waals surface area contributed by atoms with Crippen molar-refractivity contribution in [1.82, 2.24) is 0 Å². The molecule has 0 saturated heterocycles. The van der Waals surface area contributed by atoms with Crippen LogP contribution < -0.4 is 10.5 Å². The zero-order valence-corrected chi connectivity index (χ0v) is 9.45. The van der Waals surface area contributed by atoms with Crippen molar-refractivity contribution in [3.05, 3.63) is 29.8 Å². The van der Waals surface area contributed by atoms with Crippen LogP contribution in [0.5, 0.6) is 5.75 Å². The van der Waals surface area contributed by atoms with Crippen LogP contribution in [0.25, 0.3) is 0 Å². The van der Waals surface area contributed by atoms with Crippen LogP contribution in [0.4, 0.5) is 4.39 Å². The van der Waals surface area contributed by atoms with Crippen LogP contribution in [-0.2, 0) is 6.42 Å². The monoisotopic (exact) mass is 223 g/mol. The number of hydrogen-bond acceptors (Lipinski definition) is 2. The number of alkyl halides is 1. The highest BCUT2D eigenvalue weighted by atomic mass is 18.2. The van der Waals surface area contributed by atoms with Gasteiger partial charge in [0.15, 0.2) is 0 Å². The number of amidine groups is 1. The molecule has 0 aromatic heterocycles. The molecule has 0 unspecified atom stereocenters. The van der Waals surface area contributed by atoms with Crippen molar-refractivity contribution >= 4 is 5.84 Å². The Kier molecular flexibility index (Phi) is 5.32. The summed E-state index contributed by atoms with van der Waals surface area (Å²) >= 11 is 0. The Hall–Kier alpha value is -1.58. The Morgan fingerprint density at radius 3 is 3.00 bits per heavy atom. The molecule has 0 saturated carbocycles. The third kappa shape index (κ3) is 4.77. The molecule has 1 aromatic rings. The molecule has 0 atom stereocenters. The third-order valence-corrected chi connectivity index (χ3v) is 2.01. The van der Waals surface area contributed by atoms with Crippen molar-refractivity contribution in [3.8, 4) is 5.75 Å². The van der Waals surface area contributed by atoms with Crippen molar-refractivity contribution < 1.29 is 9.13 Å². The molecular weight excluding hydrogens is 206 g/mol. The summed E-state index contributed by atoms with van der Waals surface area (Å²) in [6.45, 7) is 2.06. The van der Waals surface area contributed by atoms with Crippen LogP contribution in [0, 0.1) is 0 Å². The molecule has 0 aliphatic rings. The highest BCUT2D eigenvalue weighted by Crippen LogP contribution is 2.13. The normalized spacial score (nSPS) is 11.5. The summed E-state index contributed by atoms with van der Waals surface area (Å²) in [6.07, 6.45) is 0.807. The average molecular weight is 223 g/mol. The van der Waals surface area contributed by atoms with Gasteiger partial charge in [0.1, 0.15) is 19.0 Å². The second kappa shape index (κ2) is 6.82. The molecule has 0 spiro atoms. The van der Waals surface area contributed by atoms with Gasteiger partial charge in [0.25, 0.3) is 0 Å². The number of rotatable bonds is 6. The minimum absolute atomic E-state index is 0.101. The maximum atomic E-state index is 11.9. The van der Waals surface area contributed by atoms with Gasteiger partial charge in [0, 0.05) is 6.54 Å². The van der Waals surface area contributed by atoms with Gasteiger partial charge in [0.2, 0.25) is 0 Å². The highest BCUT2D eigenvalue weighted by molar-refractivity contribution is 5.77. The van der Waals surface area contributed by atoms with Crippen LogP contribution in [0.15, 0.2) is 29.3 Å². The quantitative estimate of drug-likeness (QED) is 0.592. The molecule has 4 heteroatoms. The first-order chi connectivity index (χ1) is 7.72. The Labute approximate surface area is 95.1 Å². The fourth-order valence-electron chi connectivity index (χ4n) is 1.31. The van der Waals surface area contributed by atoms with E-state index in [1.54, 1.807) is 6.92 Å². The van der Waals surface area contributed by atoms with Crippen molar-refractivity contribution in [2.45, 2.75) is 13.3 Å². The molecule has 0 fully saturated rings. The molecule has 0 bridgehead atoms. The van der Waals surface area contributed by atoms with Crippen molar-refractivity contribution in [2.75, 3.05) is 19.8 Å². The zero-order valence-electron chi connectivity index (χ0n) is 9.45. The number of ether oxygens (including phenoxy) is 1. The lowest BCUT2D eigenvalue weighted by Crippen LogP contribution is -2.06. The van der Waals surface area contributed by atoms with E-state index in [0.29, 0.717) is 18.1 Å². The lowest BCUT2D eigenvalue weighted by molar-refractivity contribution is 0.273. The van der Waals surface area contributed by atoms with Gasteiger partial charge in [-0.15, -0.1) is 0 Å². The Morgan fingerprint density at radius 1 is 1.50 bits per heavy atom. The van der Waals surface area contributed by atoms with Gasteiger partial charge < -0.3 is 10.5 Å². The first kappa shape index (κ1) is 12.5. The van der Waals surface area contributed by atoms with Gasteiger partial charge in [-0.25, -0.2) is 4.39 Å². The smallest absolute Gasteiger partial charge is 0.123 e. The largest absolute Gasteiger partial charge is 0.491 e. The van der Waals surface area contributed by atoms with Gasteiger partial charge >= 0.3 is 0 Å². The van der Waals surface area contributed by atoms with E-state index in [-0.39, 0.29) is 6.61 Å². The van der Waals surface area contributed by atoms with Crippen LogP contribution in [0.2, 0.25) is 0 Å². The number of aliphatic imine (C=N–C) groups is 1. The molecule has 1 aromatic carbocycles. The lowest BCUT2D eigenvalue weighted by atomic mass is 10.1. The van der Waals surface area contributed by atoms with Crippen molar-refractivity contribution in [3.63, 3.8) is 0 Å². The second-order valence-electron chi connectivity index (χ2n) is 3.46. The van der Waals surface area contributed by atoms with E-state index in [4.69, 9.17) is 10.5 Å². The number of benzene rings is 1. The van der Waals surface area contributed by atoms with Crippen LogP contribution in [0.3, 0.4) is 0 Å². The van der Waals surface area contributed by atoms with E-state index in [9.17, 15) is 4.39 Å². The molecule has 2 N–H and O–H groups in total. The van der Waals surface area contributed by atoms with E-state index in [1.165, 1.54) is 0 Å². The number of nitrogens with zero attached hydrogens (tertiary/aromatic N) is 1. The topological polar surface area (TPSA) is 47.6 Å². The zero-order chi connectivity index (χ0) is 11.8. The Bertz CT molecular complexity index is 349. The maximum Gasteiger partial charge on any atom is 0.123 e. The molecule has 0 aliphatic heterocycles. The minimum atomic E-state index is -0.471. The average Bonchev–Trinajstić information content (AvgIpc) is 2.26. The molecule has 0 heterocycles. The molecular formula is C12H17FN2O. The van der Waals surface area contributed by atoms with Crippen molar-refractivity contribution in [1.29, 1.82) is 0 Å². The molecule has 16 heavy (non-hydrogen) atoms. The van der Waals surface area contributed by atoms with Gasteiger partial charge in [-0.3, -0.25) is 4.99 Å². The van der Waals surface area contributed by atoms with Gasteiger partial charge in [0.05, 0.1) is 5.84 Å². The summed E-state index contributed by atoms with van der Waals surface area (Å²) in [4.78, 5) is 4.11. The second-order valence-corrected chi connectivity index (χ2v) is 3.46. The lowest BCUT2D eigenvalue weighted by Gasteiger charge is -2.05. The first-order valence-corrected chi connectivity index (χ1v) is 5.26. The highest BCUT2D eigenvalue weighted by Gasteiger charge is 1.96. The van der Waals surface area contributed by atoms with Gasteiger partial charge in [-0.1, -0.05) is 12.1 Å². The molecule has 3 nitrogen and oxygen atoms in total. The molecule has 0 amide bonds. The SMILES string of the molecule is CC(N)=NCCc1cccc(OCC[18F])c1. The summed E-state index contributed by atoms with van der Waals surface area (Å²) in [5.41, 5.74) is 6.55. The Balaban J connectivity index is 2.50. The standard InChI is InChI=1S/C12H17FN2O/c1-10(14)15-7-5-11-3-2-4-12(9-11)16-8-6-13/h2-4,9H,5-8H2,1H3,(H2,14,15)/i13-1. The predicted molar refractivity (Wildman–Crippen MR) is 63.8 cm³/mol. The summed E-state index contributed by atoms with van der Waals surface area (Å²) in [5, 5.41) is 0. The third-order valence-electron chi connectivity index (χ3n) is 2.01. The summed E-state index contributed by atoms with van der Waals surface area (Å²) < 4.78 is 17.1. The molecule has 88 valence electrons. The minimum Gasteiger partial charge on any atom is -0.491 e. The first-order valence-electron chi connectivity index (χ1n) is 5.26. The van der Waals surface area contributed by atoms with E-state index in [2.05, 4.69) is 4.99 Å². The summed E-state index contributed by atoms with van der Waals surface area (Å²) in [5.74, 6) is 1.29. The molecule has 0 radical (unpaired) electrons. The summed E-state index contributed by atoms with van der Waals surface area (Å²) in [7, 11) is 0. The van der Waals surface area contributed by atoms with Crippen LogP contribution >= 0.6 is 0 Å². The van der Waals surface area contributed by atoms with Gasteiger partial charge in [-0.2, -0.15) is 0 Å². The number of nitrogens with two attached hydrogens (primary N) is 1. The predicted octanol–water partition coefficient (Wildman–Crippen LogP) is 1.95. The van der Waals surface area contributed by atoms with Gasteiger partial charge in [-0.05, 0) is 31.0 Å².